The minimum absolute atomic E-state index is 0.0622. The zero-order valence-electron chi connectivity index (χ0n) is 14.2. The molecular formula is C18H21N3O3S. The van der Waals surface area contributed by atoms with Gasteiger partial charge in [-0.25, -0.2) is 9.78 Å². The summed E-state index contributed by atoms with van der Waals surface area (Å²) in [5.74, 6) is -0.276. The van der Waals surface area contributed by atoms with Crippen LogP contribution in [0.25, 0.3) is 10.2 Å². The molecule has 1 aromatic heterocycles. The van der Waals surface area contributed by atoms with Gasteiger partial charge in [0.15, 0.2) is 5.13 Å². The first-order chi connectivity index (χ1) is 12.1. The number of benzene rings is 1. The Balaban J connectivity index is 1.56. The van der Waals surface area contributed by atoms with Crippen LogP contribution in [0.15, 0.2) is 18.2 Å². The minimum atomic E-state index is -0.339. The summed E-state index contributed by atoms with van der Waals surface area (Å²) in [6.07, 6.45) is 4.01. The average molecular weight is 359 g/mol. The van der Waals surface area contributed by atoms with Gasteiger partial charge in [0.1, 0.15) is 5.54 Å². The van der Waals surface area contributed by atoms with Gasteiger partial charge in [-0.3, -0.25) is 9.69 Å². The maximum Gasteiger partial charge on any atom is 0.338 e. The lowest BCUT2D eigenvalue weighted by Gasteiger charge is -2.29. The van der Waals surface area contributed by atoms with E-state index in [0.717, 1.165) is 49.0 Å². The van der Waals surface area contributed by atoms with E-state index in [-0.39, 0.29) is 17.4 Å². The van der Waals surface area contributed by atoms with Gasteiger partial charge in [0.05, 0.1) is 22.4 Å². The maximum absolute atomic E-state index is 12.9. The SMILES string of the molecule is CCOC(=O)c1ccc2nc(NC(=O)C34CCCN3CCC4)sc2c1. The summed E-state index contributed by atoms with van der Waals surface area (Å²) in [5.41, 5.74) is 0.946. The van der Waals surface area contributed by atoms with Crippen LogP contribution in [0.3, 0.4) is 0 Å². The number of amides is 1. The van der Waals surface area contributed by atoms with Crippen LogP contribution >= 0.6 is 11.3 Å². The van der Waals surface area contributed by atoms with Gasteiger partial charge in [-0.05, 0) is 63.9 Å². The summed E-state index contributed by atoms with van der Waals surface area (Å²) in [6.45, 7) is 4.15. The largest absolute Gasteiger partial charge is 0.462 e. The molecule has 0 bridgehead atoms. The number of hydrogen-bond acceptors (Lipinski definition) is 6. The van der Waals surface area contributed by atoms with E-state index in [2.05, 4.69) is 15.2 Å². The standard InChI is InChI=1S/C18H21N3O3S/c1-2-24-15(22)12-5-6-13-14(11-12)25-17(19-13)20-16(23)18-7-3-9-21(18)10-4-8-18/h5-6,11H,2-4,7-10H2,1H3,(H,19,20,23). The molecule has 6 nitrogen and oxygen atoms in total. The average Bonchev–Trinajstić information content (AvgIpc) is 3.27. The Morgan fingerprint density at radius 2 is 2.08 bits per heavy atom. The number of rotatable bonds is 4. The lowest BCUT2D eigenvalue weighted by Crippen LogP contribution is -2.48. The summed E-state index contributed by atoms with van der Waals surface area (Å²) < 4.78 is 5.90. The van der Waals surface area contributed by atoms with Crippen LogP contribution in [-0.4, -0.2) is 47.0 Å². The number of ether oxygens (including phenoxy) is 1. The molecule has 0 saturated carbocycles. The monoisotopic (exact) mass is 359 g/mol. The maximum atomic E-state index is 12.9. The highest BCUT2D eigenvalue weighted by atomic mass is 32.1. The first-order valence-corrected chi connectivity index (χ1v) is 9.58. The number of carbonyl (C=O) groups excluding carboxylic acids is 2. The van der Waals surface area contributed by atoms with Crippen LogP contribution in [0.2, 0.25) is 0 Å². The van der Waals surface area contributed by atoms with Gasteiger partial charge in [0, 0.05) is 0 Å². The Kier molecular flexibility index (Phi) is 4.21. The zero-order valence-corrected chi connectivity index (χ0v) is 15.0. The number of aromatic nitrogens is 1. The number of hydrogen-bond donors (Lipinski definition) is 1. The summed E-state index contributed by atoms with van der Waals surface area (Å²) in [5, 5.41) is 3.61. The van der Waals surface area contributed by atoms with Gasteiger partial charge >= 0.3 is 5.97 Å². The topological polar surface area (TPSA) is 71.5 Å². The third kappa shape index (κ3) is 2.81. The van der Waals surface area contributed by atoms with Crippen molar-refractivity contribution in [1.82, 2.24) is 9.88 Å². The fourth-order valence-electron chi connectivity index (χ4n) is 4.01. The molecule has 132 valence electrons. The summed E-state index contributed by atoms with van der Waals surface area (Å²) in [6, 6.07) is 5.28. The van der Waals surface area contributed by atoms with Crippen LogP contribution in [0, 0.1) is 0 Å². The Hall–Kier alpha value is -1.99. The lowest BCUT2D eigenvalue weighted by molar-refractivity contribution is -0.125. The summed E-state index contributed by atoms with van der Waals surface area (Å²) in [7, 11) is 0. The molecule has 0 atom stereocenters. The van der Waals surface area contributed by atoms with Crippen molar-refractivity contribution in [2.45, 2.75) is 38.1 Å². The quantitative estimate of drug-likeness (QED) is 0.850. The van der Waals surface area contributed by atoms with Crippen molar-refractivity contribution >= 4 is 38.6 Å². The van der Waals surface area contributed by atoms with Crippen molar-refractivity contribution in [1.29, 1.82) is 0 Å². The second kappa shape index (κ2) is 6.38. The molecule has 1 N–H and O–H groups in total. The molecule has 2 aliphatic rings. The van der Waals surface area contributed by atoms with Crippen LogP contribution in [-0.2, 0) is 9.53 Å². The smallest absolute Gasteiger partial charge is 0.338 e. The van der Waals surface area contributed by atoms with E-state index in [1.807, 2.05) is 0 Å². The van der Waals surface area contributed by atoms with E-state index < -0.39 is 0 Å². The van der Waals surface area contributed by atoms with Crippen LogP contribution < -0.4 is 5.32 Å². The highest BCUT2D eigenvalue weighted by Gasteiger charge is 2.50. The molecule has 2 aliphatic heterocycles. The Morgan fingerprint density at radius 3 is 2.80 bits per heavy atom. The van der Waals surface area contributed by atoms with Crippen LogP contribution in [0.1, 0.15) is 43.0 Å². The number of fused-ring (bicyclic) bond motifs is 2. The van der Waals surface area contributed by atoms with E-state index in [9.17, 15) is 9.59 Å². The second-order valence-corrected chi connectivity index (χ2v) is 7.63. The molecule has 7 heteroatoms. The summed E-state index contributed by atoms with van der Waals surface area (Å²) in [4.78, 5) is 31.6. The van der Waals surface area contributed by atoms with Crippen molar-refractivity contribution in [3.05, 3.63) is 23.8 Å². The van der Waals surface area contributed by atoms with Gasteiger partial charge in [-0.1, -0.05) is 11.3 Å². The third-order valence-electron chi connectivity index (χ3n) is 5.18. The van der Waals surface area contributed by atoms with E-state index in [1.54, 1.807) is 25.1 Å². The summed E-state index contributed by atoms with van der Waals surface area (Å²) >= 11 is 1.40. The molecule has 0 unspecified atom stereocenters. The van der Waals surface area contributed by atoms with Crippen molar-refractivity contribution in [2.24, 2.45) is 0 Å². The molecular weight excluding hydrogens is 338 g/mol. The molecule has 1 aromatic carbocycles. The Labute approximate surface area is 150 Å². The molecule has 2 fully saturated rings. The van der Waals surface area contributed by atoms with E-state index >= 15 is 0 Å². The Morgan fingerprint density at radius 1 is 1.32 bits per heavy atom. The first kappa shape index (κ1) is 16.5. The van der Waals surface area contributed by atoms with Crippen molar-refractivity contribution < 1.29 is 14.3 Å². The first-order valence-electron chi connectivity index (χ1n) is 8.76. The molecule has 3 heterocycles. The van der Waals surface area contributed by atoms with E-state index in [4.69, 9.17) is 4.74 Å². The van der Waals surface area contributed by atoms with Crippen molar-refractivity contribution in [3.8, 4) is 0 Å². The molecule has 2 saturated heterocycles. The number of carbonyl (C=O) groups is 2. The van der Waals surface area contributed by atoms with Crippen molar-refractivity contribution in [3.63, 3.8) is 0 Å². The van der Waals surface area contributed by atoms with Crippen LogP contribution in [0.4, 0.5) is 5.13 Å². The van der Waals surface area contributed by atoms with Gasteiger partial charge < -0.3 is 10.1 Å². The van der Waals surface area contributed by atoms with Crippen LogP contribution in [0.5, 0.6) is 0 Å². The number of esters is 1. The molecule has 1 amide bonds. The predicted octanol–water partition coefficient (Wildman–Crippen LogP) is 3.04. The second-order valence-electron chi connectivity index (χ2n) is 6.60. The number of nitrogens with zero attached hydrogens (tertiary/aromatic N) is 2. The number of thiazole rings is 1. The Bertz CT molecular complexity index is 822. The molecule has 0 aliphatic carbocycles. The third-order valence-corrected chi connectivity index (χ3v) is 6.12. The molecule has 2 aromatic rings. The highest BCUT2D eigenvalue weighted by Crippen LogP contribution is 2.40. The fraction of sp³-hybridized carbons (Fsp3) is 0.500. The van der Waals surface area contributed by atoms with E-state index in [1.165, 1.54) is 11.3 Å². The van der Waals surface area contributed by atoms with Gasteiger partial charge in [0.25, 0.3) is 0 Å². The predicted molar refractivity (Wildman–Crippen MR) is 97.0 cm³/mol. The van der Waals surface area contributed by atoms with Gasteiger partial charge in [0.2, 0.25) is 5.91 Å². The van der Waals surface area contributed by atoms with E-state index in [0.29, 0.717) is 17.3 Å². The van der Waals surface area contributed by atoms with Crippen molar-refractivity contribution in [2.75, 3.05) is 25.0 Å². The molecule has 0 spiro atoms. The molecule has 25 heavy (non-hydrogen) atoms. The molecule has 4 rings (SSSR count). The fourth-order valence-corrected chi connectivity index (χ4v) is 4.91. The highest BCUT2D eigenvalue weighted by molar-refractivity contribution is 7.22. The zero-order chi connectivity index (χ0) is 17.4. The number of nitrogens with one attached hydrogen (secondary N) is 1. The van der Waals surface area contributed by atoms with Gasteiger partial charge in [-0.2, -0.15) is 0 Å². The lowest BCUT2D eigenvalue weighted by atomic mass is 9.93. The molecule has 0 radical (unpaired) electrons. The number of anilines is 1. The minimum Gasteiger partial charge on any atom is -0.462 e. The normalized spacial score (nSPS) is 19.1. The van der Waals surface area contributed by atoms with Gasteiger partial charge in [-0.15, -0.1) is 0 Å².